The van der Waals surface area contributed by atoms with Gasteiger partial charge in [-0.15, -0.1) is 0 Å². The van der Waals surface area contributed by atoms with Crippen LogP contribution in [0, 0.1) is 5.92 Å². The Labute approximate surface area is 96.5 Å². The topological polar surface area (TPSA) is 0 Å². The zero-order valence-electron chi connectivity index (χ0n) is 10.6. The molecule has 1 atom stereocenters. The van der Waals surface area contributed by atoms with E-state index in [2.05, 4.69) is 6.92 Å². The van der Waals surface area contributed by atoms with Crippen LogP contribution < -0.4 is 0 Å². The van der Waals surface area contributed by atoms with Crippen LogP contribution in [0.5, 0.6) is 0 Å². The van der Waals surface area contributed by atoms with Crippen LogP contribution in [0.1, 0.15) is 71.1 Å². The van der Waals surface area contributed by atoms with Crippen molar-refractivity contribution < 1.29 is 0 Å². The highest BCUT2D eigenvalue weighted by molar-refractivity contribution is 6.41. The maximum atomic E-state index is 2.31. The van der Waals surface area contributed by atoms with Crippen molar-refractivity contribution in [2.75, 3.05) is 0 Å². The molecule has 1 unspecified atom stereocenters. The highest BCUT2D eigenvalue weighted by atomic mass is 14.4. The predicted molar refractivity (Wildman–Crippen MR) is 70.0 cm³/mol. The van der Waals surface area contributed by atoms with Crippen molar-refractivity contribution >= 4 is 7.28 Å². The van der Waals surface area contributed by atoms with Crippen LogP contribution in [0.15, 0.2) is 0 Å². The second kappa shape index (κ2) is 5.41. The molecule has 0 aromatic rings. The summed E-state index contributed by atoms with van der Waals surface area (Å²) in [7, 11) is 1.57. The van der Waals surface area contributed by atoms with E-state index in [-0.39, 0.29) is 0 Å². The summed E-state index contributed by atoms with van der Waals surface area (Å²) in [6.45, 7) is 2.31. The molecule has 1 saturated carbocycles. The van der Waals surface area contributed by atoms with Crippen molar-refractivity contribution in [3.8, 4) is 0 Å². The first-order chi connectivity index (χ1) is 7.37. The molecule has 15 heavy (non-hydrogen) atoms. The molecule has 0 aromatic carbocycles. The Kier molecular flexibility index (Phi) is 4.17. The third kappa shape index (κ3) is 2.60. The van der Waals surface area contributed by atoms with Gasteiger partial charge in [-0.3, -0.25) is 0 Å². The van der Waals surface area contributed by atoms with Crippen LogP contribution in [0.25, 0.3) is 0 Å². The molecule has 0 amide bonds. The van der Waals surface area contributed by atoms with Crippen LogP contribution >= 0.6 is 0 Å². The van der Waals surface area contributed by atoms with E-state index in [9.17, 15) is 0 Å². The normalized spacial score (nSPS) is 28.5. The fraction of sp³-hybridized carbons (Fsp3) is 1.00. The fourth-order valence-electron chi connectivity index (χ4n) is 4.22. The van der Waals surface area contributed by atoms with Crippen LogP contribution in [-0.4, -0.2) is 7.28 Å². The molecule has 2 rings (SSSR count). The summed E-state index contributed by atoms with van der Waals surface area (Å²) in [5, 5.41) is 0.853. The zero-order chi connectivity index (χ0) is 10.6. The van der Waals surface area contributed by atoms with Gasteiger partial charge in [0, 0.05) is 0 Å². The molecule has 2 aliphatic rings. The summed E-state index contributed by atoms with van der Waals surface area (Å²) >= 11 is 0. The average Bonchev–Trinajstić information content (AvgIpc) is 2.86. The average molecular weight is 206 g/mol. The summed E-state index contributed by atoms with van der Waals surface area (Å²) < 4.78 is 0. The number of hydrogen-bond donors (Lipinski definition) is 0. The van der Waals surface area contributed by atoms with Gasteiger partial charge in [0.1, 0.15) is 7.28 Å². The Morgan fingerprint density at radius 3 is 2.67 bits per heavy atom. The van der Waals surface area contributed by atoms with Crippen molar-refractivity contribution in [1.82, 2.24) is 0 Å². The van der Waals surface area contributed by atoms with Crippen molar-refractivity contribution in [2.45, 2.75) is 82.8 Å². The molecule has 0 N–H and O–H groups in total. The van der Waals surface area contributed by atoms with E-state index in [4.69, 9.17) is 0 Å². The van der Waals surface area contributed by atoms with Crippen molar-refractivity contribution in [2.24, 2.45) is 5.92 Å². The molecule has 1 spiro atoms. The van der Waals surface area contributed by atoms with E-state index >= 15 is 0 Å². The van der Waals surface area contributed by atoms with Gasteiger partial charge in [0.05, 0.1) is 0 Å². The molecule has 2 fully saturated rings. The van der Waals surface area contributed by atoms with Crippen molar-refractivity contribution in [1.29, 1.82) is 0 Å². The predicted octanol–water partition coefficient (Wildman–Crippen LogP) is 4.56. The molecule has 0 radical (unpaired) electrons. The molecule has 1 heterocycles. The third-order valence-electron chi connectivity index (χ3n) is 5.10. The van der Waals surface area contributed by atoms with Gasteiger partial charge in [-0.2, -0.15) is 0 Å². The Morgan fingerprint density at radius 1 is 1.13 bits per heavy atom. The first kappa shape index (κ1) is 11.5. The Morgan fingerprint density at radius 2 is 1.93 bits per heavy atom. The molecule has 0 nitrogen and oxygen atoms in total. The largest absolute Gasteiger partial charge is 0.128 e. The maximum absolute atomic E-state index is 2.31. The van der Waals surface area contributed by atoms with Gasteiger partial charge >= 0.3 is 0 Å². The molecule has 0 aromatic heterocycles. The smallest absolute Gasteiger partial charge is 0.0766 e. The van der Waals surface area contributed by atoms with E-state index in [0.29, 0.717) is 0 Å². The third-order valence-corrected chi connectivity index (χ3v) is 5.10. The van der Waals surface area contributed by atoms with Crippen LogP contribution in [0.3, 0.4) is 0 Å². The molecule has 1 aliphatic carbocycles. The van der Waals surface area contributed by atoms with Gasteiger partial charge in [0.25, 0.3) is 0 Å². The first-order valence-electron chi connectivity index (χ1n) is 7.37. The maximum Gasteiger partial charge on any atom is 0.128 e. The van der Waals surface area contributed by atoms with Gasteiger partial charge in [0.15, 0.2) is 0 Å². The molecule has 1 heteroatoms. The van der Waals surface area contributed by atoms with E-state index < -0.39 is 0 Å². The first-order valence-corrected chi connectivity index (χ1v) is 7.37. The second-order valence-corrected chi connectivity index (χ2v) is 6.01. The van der Waals surface area contributed by atoms with E-state index in [0.717, 1.165) is 11.2 Å². The van der Waals surface area contributed by atoms with Crippen LogP contribution in [0.4, 0.5) is 0 Å². The van der Waals surface area contributed by atoms with Gasteiger partial charge in [-0.1, -0.05) is 82.8 Å². The standard InChI is InChI=1S/C14H27B/c1-2-3-4-5-8-13-9-12-15-14(13)10-6-7-11-14/h13,15H,2-12H2,1H3. The number of unbranched alkanes of at least 4 members (excludes halogenated alkanes) is 3. The lowest BCUT2D eigenvalue weighted by molar-refractivity contribution is 0.339. The number of hydrogen-bond acceptors (Lipinski definition) is 0. The van der Waals surface area contributed by atoms with Crippen LogP contribution in [-0.2, 0) is 0 Å². The molecular weight excluding hydrogens is 179 g/mol. The van der Waals surface area contributed by atoms with E-state index in [1.807, 2.05) is 0 Å². The van der Waals surface area contributed by atoms with Gasteiger partial charge in [0.2, 0.25) is 0 Å². The molecule has 0 bridgehead atoms. The summed E-state index contributed by atoms with van der Waals surface area (Å²) in [5.41, 5.74) is 0. The second-order valence-electron chi connectivity index (χ2n) is 6.01. The summed E-state index contributed by atoms with van der Waals surface area (Å²) in [5.74, 6) is 1.12. The molecular formula is C14H27B. The lowest BCUT2D eigenvalue weighted by Crippen LogP contribution is -2.19. The lowest BCUT2D eigenvalue weighted by atomic mass is 9.51. The number of rotatable bonds is 5. The van der Waals surface area contributed by atoms with Crippen LogP contribution in [0.2, 0.25) is 11.6 Å². The van der Waals surface area contributed by atoms with Gasteiger partial charge in [-0.05, 0) is 5.92 Å². The highest BCUT2D eigenvalue weighted by Crippen LogP contribution is 2.57. The minimum absolute atomic E-state index is 0.853. The van der Waals surface area contributed by atoms with Crippen molar-refractivity contribution in [3.05, 3.63) is 0 Å². The Hall–Kier alpha value is 0.0649. The lowest BCUT2D eigenvalue weighted by Gasteiger charge is -2.31. The van der Waals surface area contributed by atoms with Gasteiger partial charge < -0.3 is 0 Å². The van der Waals surface area contributed by atoms with Gasteiger partial charge in [-0.25, -0.2) is 0 Å². The summed E-state index contributed by atoms with van der Waals surface area (Å²) in [6.07, 6.45) is 16.7. The monoisotopic (exact) mass is 206 g/mol. The SMILES string of the molecule is CCCCCCC1CCBC12CCCC2. The zero-order valence-corrected chi connectivity index (χ0v) is 10.6. The summed E-state index contributed by atoms with van der Waals surface area (Å²) in [4.78, 5) is 0. The van der Waals surface area contributed by atoms with E-state index in [1.54, 1.807) is 39.3 Å². The minimum Gasteiger partial charge on any atom is -0.0766 e. The molecule has 1 aliphatic heterocycles. The van der Waals surface area contributed by atoms with Crippen molar-refractivity contribution in [3.63, 3.8) is 0 Å². The molecule has 86 valence electrons. The fourth-order valence-corrected chi connectivity index (χ4v) is 4.22. The Balaban J connectivity index is 1.75. The molecule has 1 saturated heterocycles. The van der Waals surface area contributed by atoms with E-state index in [1.165, 1.54) is 38.5 Å². The minimum atomic E-state index is 0.853. The quantitative estimate of drug-likeness (QED) is 0.456. The highest BCUT2D eigenvalue weighted by Gasteiger charge is 2.44. The Bertz CT molecular complexity index is 176. The summed E-state index contributed by atoms with van der Waals surface area (Å²) in [6, 6.07) is 0.